The first-order chi connectivity index (χ1) is 19.8. The minimum absolute atomic E-state index is 0.249. The number of hydrogen-bond donors (Lipinski definition) is 2. The van der Waals surface area contributed by atoms with Crippen molar-refractivity contribution in [2.24, 2.45) is 5.92 Å². The van der Waals surface area contributed by atoms with E-state index in [1.54, 1.807) is 69.3 Å². The maximum atomic E-state index is 14.4. The molecule has 0 bridgehead atoms. The van der Waals surface area contributed by atoms with Gasteiger partial charge in [0.1, 0.15) is 29.2 Å². The summed E-state index contributed by atoms with van der Waals surface area (Å²) in [6.07, 6.45) is 1.25. The lowest BCUT2D eigenvalue weighted by Crippen LogP contribution is -2.56. The van der Waals surface area contributed by atoms with Gasteiger partial charge in [-0.2, -0.15) is 0 Å². The van der Waals surface area contributed by atoms with Crippen molar-refractivity contribution in [3.05, 3.63) is 60.7 Å². The van der Waals surface area contributed by atoms with E-state index < -0.39 is 43.1 Å². The molecule has 0 saturated carbocycles. The first-order valence-corrected chi connectivity index (χ1v) is 16.1. The quantitative estimate of drug-likeness (QED) is 0.281. The molecule has 10 nitrogen and oxygen atoms in total. The lowest BCUT2D eigenvalue weighted by molar-refractivity contribution is -0.141. The highest BCUT2D eigenvalue weighted by molar-refractivity contribution is 7.55. The molecule has 42 heavy (non-hydrogen) atoms. The van der Waals surface area contributed by atoms with Crippen LogP contribution in [0.2, 0.25) is 0 Å². The Morgan fingerprint density at radius 3 is 1.98 bits per heavy atom. The number of nitrogens with one attached hydrogen (secondary N) is 2. The Bertz CT molecular complexity index is 1190. The second-order valence-corrected chi connectivity index (χ2v) is 13.8. The van der Waals surface area contributed by atoms with E-state index in [0.717, 1.165) is 0 Å². The molecule has 3 rings (SSSR count). The van der Waals surface area contributed by atoms with E-state index in [-0.39, 0.29) is 11.8 Å². The van der Waals surface area contributed by atoms with E-state index in [1.807, 2.05) is 32.9 Å². The summed E-state index contributed by atoms with van der Waals surface area (Å²) in [6.45, 7) is 11.1. The SMILES string of the molecule is CCCC(NC(=O)[C@@H]1CCCN1C(=O)[C@@H](NC(=O)OC(C)(C)C)C(C)C)P(=O)(Oc1ccccc1)Oc1ccccc1. The second-order valence-electron chi connectivity index (χ2n) is 11.7. The molecule has 3 amide bonds. The topological polar surface area (TPSA) is 123 Å². The highest BCUT2D eigenvalue weighted by Crippen LogP contribution is 2.53. The molecule has 3 atom stereocenters. The maximum absolute atomic E-state index is 14.4. The molecular formula is C31H44N3O7P. The van der Waals surface area contributed by atoms with Gasteiger partial charge in [-0.25, -0.2) is 9.36 Å². The first-order valence-electron chi connectivity index (χ1n) is 14.5. The fourth-order valence-electron chi connectivity index (χ4n) is 4.68. The molecule has 2 N–H and O–H groups in total. The number of benzene rings is 2. The zero-order chi connectivity index (χ0) is 30.9. The summed E-state index contributed by atoms with van der Waals surface area (Å²) in [5.41, 5.74) is -0.726. The maximum Gasteiger partial charge on any atom is 0.452 e. The molecule has 1 fully saturated rings. The van der Waals surface area contributed by atoms with E-state index in [2.05, 4.69) is 10.6 Å². The Kier molecular flexibility index (Phi) is 11.5. The van der Waals surface area contributed by atoms with Crippen molar-refractivity contribution in [3.8, 4) is 11.5 Å². The normalized spacial score (nSPS) is 16.8. The molecule has 0 aromatic heterocycles. The van der Waals surface area contributed by atoms with Crippen LogP contribution in [0.5, 0.6) is 11.5 Å². The Morgan fingerprint density at radius 2 is 1.50 bits per heavy atom. The van der Waals surface area contributed by atoms with Crippen LogP contribution in [-0.4, -0.2) is 52.8 Å². The number of nitrogens with zero attached hydrogens (tertiary/aromatic N) is 1. The van der Waals surface area contributed by atoms with Crippen molar-refractivity contribution in [2.45, 2.75) is 90.7 Å². The average Bonchev–Trinajstić information content (AvgIpc) is 3.41. The molecule has 0 radical (unpaired) electrons. The molecule has 2 aromatic carbocycles. The van der Waals surface area contributed by atoms with Crippen LogP contribution in [0.3, 0.4) is 0 Å². The molecule has 1 aliphatic rings. The van der Waals surface area contributed by atoms with Gasteiger partial charge >= 0.3 is 13.7 Å². The predicted molar refractivity (Wildman–Crippen MR) is 161 cm³/mol. The largest absolute Gasteiger partial charge is 0.452 e. The van der Waals surface area contributed by atoms with E-state index in [0.29, 0.717) is 43.7 Å². The number of para-hydroxylation sites is 2. The minimum atomic E-state index is -4.01. The van der Waals surface area contributed by atoms with Gasteiger partial charge in [0, 0.05) is 6.54 Å². The Labute approximate surface area is 249 Å². The van der Waals surface area contributed by atoms with E-state index in [1.165, 1.54) is 4.90 Å². The Morgan fingerprint density at radius 1 is 0.952 bits per heavy atom. The summed E-state index contributed by atoms with van der Waals surface area (Å²) in [4.78, 5) is 41.4. The molecule has 0 aliphatic carbocycles. The van der Waals surface area contributed by atoms with Crippen molar-refractivity contribution < 1.29 is 32.7 Å². The number of amides is 3. The lowest BCUT2D eigenvalue weighted by atomic mass is 10.0. The van der Waals surface area contributed by atoms with Crippen LogP contribution in [-0.2, 0) is 18.9 Å². The van der Waals surface area contributed by atoms with Crippen LogP contribution in [0.4, 0.5) is 4.79 Å². The molecular weight excluding hydrogens is 557 g/mol. The highest BCUT2D eigenvalue weighted by Gasteiger charge is 2.44. The highest BCUT2D eigenvalue weighted by atomic mass is 31.2. The van der Waals surface area contributed by atoms with Gasteiger partial charge in [-0.3, -0.25) is 9.59 Å². The summed E-state index contributed by atoms with van der Waals surface area (Å²) in [6, 6.07) is 15.7. The third kappa shape index (κ3) is 9.24. The van der Waals surface area contributed by atoms with Crippen LogP contribution in [0.25, 0.3) is 0 Å². The monoisotopic (exact) mass is 601 g/mol. The van der Waals surface area contributed by atoms with E-state index in [4.69, 9.17) is 13.8 Å². The molecule has 1 unspecified atom stereocenters. The van der Waals surface area contributed by atoms with Crippen LogP contribution >= 0.6 is 7.60 Å². The molecule has 11 heteroatoms. The van der Waals surface area contributed by atoms with Gasteiger partial charge in [-0.05, 0) is 70.2 Å². The molecule has 1 aliphatic heterocycles. The van der Waals surface area contributed by atoms with Crippen molar-refractivity contribution in [2.75, 3.05) is 6.54 Å². The van der Waals surface area contributed by atoms with Gasteiger partial charge in [0.2, 0.25) is 11.8 Å². The van der Waals surface area contributed by atoms with Gasteiger partial charge in [-0.15, -0.1) is 0 Å². The molecule has 2 aromatic rings. The fraction of sp³-hybridized carbons (Fsp3) is 0.516. The number of likely N-dealkylation sites (tertiary alicyclic amines) is 1. The first kappa shape index (κ1) is 33.0. The minimum Gasteiger partial charge on any atom is -0.444 e. The average molecular weight is 602 g/mol. The number of alkyl carbamates (subject to hydrolysis) is 1. The van der Waals surface area contributed by atoms with Gasteiger partial charge in [-0.1, -0.05) is 63.6 Å². The molecule has 230 valence electrons. The van der Waals surface area contributed by atoms with Crippen LogP contribution in [0.15, 0.2) is 60.7 Å². The van der Waals surface area contributed by atoms with Crippen molar-refractivity contribution in [1.29, 1.82) is 0 Å². The van der Waals surface area contributed by atoms with Gasteiger partial charge in [0.05, 0.1) is 0 Å². The van der Waals surface area contributed by atoms with Gasteiger partial charge < -0.3 is 29.3 Å². The van der Waals surface area contributed by atoms with Crippen LogP contribution in [0, 0.1) is 5.92 Å². The smallest absolute Gasteiger partial charge is 0.444 e. The summed E-state index contributed by atoms with van der Waals surface area (Å²) < 4.78 is 31.8. The van der Waals surface area contributed by atoms with E-state index >= 15 is 0 Å². The number of carbonyl (C=O) groups excluding carboxylic acids is 3. The molecule has 1 saturated heterocycles. The molecule has 0 spiro atoms. The predicted octanol–water partition coefficient (Wildman–Crippen LogP) is 6.12. The summed E-state index contributed by atoms with van der Waals surface area (Å²) in [5, 5.41) is 5.59. The summed E-state index contributed by atoms with van der Waals surface area (Å²) in [7, 11) is -4.01. The van der Waals surface area contributed by atoms with Crippen molar-refractivity contribution >= 4 is 25.5 Å². The Balaban J connectivity index is 1.83. The zero-order valence-corrected chi connectivity index (χ0v) is 26.3. The van der Waals surface area contributed by atoms with Crippen LogP contribution < -0.4 is 19.7 Å². The standard InChI is InChI=1S/C31H44N3O7P/c1-7-15-26(42(38,40-23-16-10-8-11-17-23)41-24-18-12-9-13-19-24)32-28(35)25-20-14-21-34(25)29(36)27(22(2)3)33-30(37)39-31(4,5)6/h8-13,16-19,22,25-27H,7,14-15,20-21H2,1-6H3,(H,32,35)(H,33,37)/t25-,26?,27-/m0/s1. The van der Waals surface area contributed by atoms with Crippen molar-refractivity contribution in [1.82, 2.24) is 15.5 Å². The number of rotatable bonds is 12. The lowest BCUT2D eigenvalue weighted by Gasteiger charge is -2.33. The van der Waals surface area contributed by atoms with E-state index in [9.17, 15) is 18.9 Å². The Hall–Kier alpha value is -3.52. The fourth-order valence-corrected chi connectivity index (χ4v) is 6.66. The third-order valence-electron chi connectivity index (χ3n) is 6.65. The number of ether oxygens (including phenoxy) is 1. The van der Waals surface area contributed by atoms with Crippen LogP contribution in [0.1, 0.15) is 67.2 Å². The second kappa shape index (κ2) is 14.6. The third-order valence-corrected chi connectivity index (χ3v) is 8.73. The molecule has 1 heterocycles. The summed E-state index contributed by atoms with van der Waals surface area (Å²) in [5.74, 6) is -1.36. The summed E-state index contributed by atoms with van der Waals surface area (Å²) >= 11 is 0. The van der Waals surface area contributed by atoms with Crippen molar-refractivity contribution in [3.63, 3.8) is 0 Å². The van der Waals surface area contributed by atoms with Gasteiger partial charge in [0.25, 0.3) is 0 Å². The van der Waals surface area contributed by atoms with Gasteiger partial charge in [0.15, 0.2) is 5.78 Å². The number of hydrogen-bond acceptors (Lipinski definition) is 7. The zero-order valence-electron chi connectivity index (χ0n) is 25.4. The number of carbonyl (C=O) groups is 3.